The van der Waals surface area contributed by atoms with Crippen molar-refractivity contribution in [2.75, 3.05) is 5.75 Å². The minimum absolute atomic E-state index is 0.0765. The number of thioether (sulfide) groups is 1. The van der Waals surface area contributed by atoms with Crippen molar-refractivity contribution in [2.45, 2.75) is 24.7 Å². The molecule has 0 saturated heterocycles. The van der Waals surface area contributed by atoms with Gasteiger partial charge in [-0.15, -0.1) is 11.8 Å². The molecule has 4 heteroatoms. The van der Waals surface area contributed by atoms with E-state index in [0.29, 0.717) is 0 Å². The summed E-state index contributed by atoms with van der Waals surface area (Å²) < 4.78 is 26.4. The lowest BCUT2D eigenvalue weighted by Crippen LogP contribution is -2.06. The van der Waals surface area contributed by atoms with Crippen molar-refractivity contribution >= 4 is 25.1 Å². The molecule has 1 aromatic rings. The Morgan fingerprint density at radius 1 is 1.29 bits per heavy atom. The highest BCUT2D eigenvalue weighted by molar-refractivity contribution is 7.99. The second kappa shape index (κ2) is 5.39. The molecule has 0 aliphatic rings. The molecule has 2 radical (unpaired) electrons. The molecular formula is C10H11BF2S. The van der Waals surface area contributed by atoms with Gasteiger partial charge in [-0.3, -0.25) is 0 Å². The second-order valence-corrected chi connectivity index (χ2v) is 4.12. The maximum Gasteiger partial charge on any atom is 0.139 e. The molecule has 0 N–H and O–H groups in total. The van der Waals surface area contributed by atoms with Crippen LogP contribution in [0.3, 0.4) is 0 Å². The van der Waals surface area contributed by atoms with Crippen LogP contribution >= 0.6 is 11.8 Å². The highest BCUT2D eigenvalue weighted by Crippen LogP contribution is 2.24. The summed E-state index contributed by atoms with van der Waals surface area (Å²) in [6, 6.07) is 2.30. The van der Waals surface area contributed by atoms with E-state index < -0.39 is 11.6 Å². The molecule has 0 aliphatic carbocycles. The number of hydrogen-bond acceptors (Lipinski definition) is 1. The highest BCUT2D eigenvalue weighted by Gasteiger charge is 2.09. The van der Waals surface area contributed by atoms with Gasteiger partial charge < -0.3 is 0 Å². The van der Waals surface area contributed by atoms with E-state index in [0.717, 1.165) is 30.7 Å². The van der Waals surface area contributed by atoms with E-state index in [4.69, 9.17) is 7.85 Å². The lowest BCUT2D eigenvalue weighted by Gasteiger charge is -2.05. The molecule has 74 valence electrons. The first-order valence-electron chi connectivity index (χ1n) is 4.52. The van der Waals surface area contributed by atoms with Gasteiger partial charge in [-0.05, 0) is 24.3 Å². The van der Waals surface area contributed by atoms with E-state index in [1.54, 1.807) is 0 Å². The molecule has 1 rings (SSSR count). The van der Waals surface area contributed by atoms with Gasteiger partial charge in [0.15, 0.2) is 0 Å². The van der Waals surface area contributed by atoms with Crippen molar-refractivity contribution in [3.05, 3.63) is 23.8 Å². The molecule has 14 heavy (non-hydrogen) atoms. The zero-order valence-corrected chi connectivity index (χ0v) is 8.83. The Hall–Kier alpha value is -0.505. The third kappa shape index (κ3) is 3.01. The van der Waals surface area contributed by atoms with Gasteiger partial charge in [0.05, 0.1) is 4.90 Å². The molecule has 0 bridgehead atoms. The first-order chi connectivity index (χ1) is 6.65. The summed E-state index contributed by atoms with van der Waals surface area (Å²) in [5, 5.41) is 0. The molecule has 1 aromatic carbocycles. The summed E-state index contributed by atoms with van der Waals surface area (Å²) in [5.41, 5.74) is 0.125. The van der Waals surface area contributed by atoms with Crippen molar-refractivity contribution in [3.63, 3.8) is 0 Å². The predicted octanol–water partition coefficient (Wildman–Crippen LogP) is 2.65. The van der Waals surface area contributed by atoms with Crippen LogP contribution in [0.4, 0.5) is 8.78 Å². The van der Waals surface area contributed by atoms with Crippen LogP contribution in [0.15, 0.2) is 17.0 Å². The van der Waals surface area contributed by atoms with Gasteiger partial charge in [0.1, 0.15) is 19.5 Å². The van der Waals surface area contributed by atoms with Crippen LogP contribution in [0.25, 0.3) is 0 Å². The van der Waals surface area contributed by atoms with Crippen molar-refractivity contribution < 1.29 is 8.78 Å². The Balaban J connectivity index is 2.75. The van der Waals surface area contributed by atoms with Crippen molar-refractivity contribution in [1.82, 2.24) is 0 Å². The molecule has 0 fully saturated rings. The minimum atomic E-state index is -0.566. The summed E-state index contributed by atoms with van der Waals surface area (Å²) in [5.74, 6) is -0.402. The van der Waals surface area contributed by atoms with Crippen molar-refractivity contribution in [2.24, 2.45) is 0 Å². The predicted molar refractivity (Wildman–Crippen MR) is 57.4 cm³/mol. The normalized spacial score (nSPS) is 10.5. The average molecular weight is 212 g/mol. The van der Waals surface area contributed by atoms with Crippen LogP contribution in [-0.4, -0.2) is 13.6 Å². The zero-order valence-electron chi connectivity index (χ0n) is 8.02. The number of halogens is 2. The van der Waals surface area contributed by atoms with E-state index >= 15 is 0 Å². The van der Waals surface area contributed by atoms with E-state index in [2.05, 4.69) is 0 Å². The van der Waals surface area contributed by atoms with Crippen LogP contribution in [-0.2, 0) is 0 Å². The Morgan fingerprint density at radius 2 is 1.86 bits per heavy atom. The SMILES string of the molecule is [B]c1cc(F)c(SCCCC)c(F)c1. The van der Waals surface area contributed by atoms with Crippen molar-refractivity contribution in [3.8, 4) is 0 Å². The largest absolute Gasteiger partial charge is 0.206 e. The van der Waals surface area contributed by atoms with Gasteiger partial charge in [-0.25, -0.2) is 8.78 Å². The van der Waals surface area contributed by atoms with Gasteiger partial charge in [0.25, 0.3) is 0 Å². The van der Waals surface area contributed by atoms with Crippen LogP contribution < -0.4 is 5.46 Å². The molecule has 0 spiro atoms. The molecule has 0 heterocycles. The average Bonchev–Trinajstić information content (AvgIpc) is 2.09. The lowest BCUT2D eigenvalue weighted by atomic mass is 9.96. The van der Waals surface area contributed by atoms with E-state index in [9.17, 15) is 8.78 Å². The smallest absolute Gasteiger partial charge is 0.139 e. The fraction of sp³-hybridized carbons (Fsp3) is 0.400. The summed E-state index contributed by atoms with van der Waals surface area (Å²) in [4.78, 5) is 0.0765. The van der Waals surface area contributed by atoms with Gasteiger partial charge in [-0.2, -0.15) is 0 Å². The first-order valence-corrected chi connectivity index (χ1v) is 5.51. The molecule has 0 unspecified atom stereocenters. The number of benzene rings is 1. The fourth-order valence-corrected chi connectivity index (χ4v) is 2.07. The molecule has 0 nitrogen and oxygen atoms in total. The summed E-state index contributed by atoms with van der Waals surface area (Å²) in [7, 11) is 5.29. The van der Waals surface area contributed by atoms with Gasteiger partial charge in [0, 0.05) is 0 Å². The minimum Gasteiger partial charge on any atom is -0.206 e. The van der Waals surface area contributed by atoms with Crippen LogP contribution in [0.2, 0.25) is 0 Å². The van der Waals surface area contributed by atoms with E-state index in [-0.39, 0.29) is 10.4 Å². The van der Waals surface area contributed by atoms with Crippen LogP contribution in [0.1, 0.15) is 19.8 Å². The third-order valence-electron chi connectivity index (χ3n) is 1.76. The Bertz CT molecular complexity index is 292. The Morgan fingerprint density at radius 3 is 2.36 bits per heavy atom. The Kier molecular flexibility index (Phi) is 4.46. The molecular weight excluding hydrogens is 201 g/mol. The summed E-state index contributed by atoms with van der Waals surface area (Å²) in [6.45, 7) is 2.04. The van der Waals surface area contributed by atoms with Crippen LogP contribution in [0.5, 0.6) is 0 Å². The fourth-order valence-electron chi connectivity index (χ4n) is 1.04. The monoisotopic (exact) mass is 212 g/mol. The van der Waals surface area contributed by atoms with Gasteiger partial charge >= 0.3 is 0 Å². The Labute approximate surface area is 88.5 Å². The zero-order chi connectivity index (χ0) is 10.6. The lowest BCUT2D eigenvalue weighted by molar-refractivity contribution is 0.542. The van der Waals surface area contributed by atoms with E-state index in [1.807, 2.05) is 6.92 Å². The number of unbranched alkanes of at least 4 members (excludes halogenated alkanes) is 1. The number of rotatable bonds is 4. The molecule has 0 atom stereocenters. The quantitative estimate of drug-likeness (QED) is 0.420. The molecule has 0 aromatic heterocycles. The standard InChI is InChI=1S/C10H11BF2S/c1-2-3-4-14-10-8(12)5-7(11)6-9(10)13/h5-6H,2-4H2,1H3. The maximum absolute atomic E-state index is 13.2. The topological polar surface area (TPSA) is 0 Å². The molecule has 0 amide bonds. The highest BCUT2D eigenvalue weighted by atomic mass is 32.2. The summed E-state index contributed by atoms with van der Waals surface area (Å²) >= 11 is 1.20. The number of hydrogen-bond donors (Lipinski definition) is 0. The summed E-state index contributed by atoms with van der Waals surface area (Å²) in [6.07, 6.45) is 1.97. The molecule has 0 saturated carbocycles. The first kappa shape index (κ1) is 11.6. The molecule has 0 aliphatic heterocycles. The van der Waals surface area contributed by atoms with Crippen LogP contribution in [0, 0.1) is 11.6 Å². The van der Waals surface area contributed by atoms with Gasteiger partial charge in [0.2, 0.25) is 0 Å². The van der Waals surface area contributed by atoms with E-state index in [1.165, 1.54) is 11.8 Å². The third-order valence-corrected chi connectivity index (χ3v) is 2.94. The van der Waals surface area contributed by atoms with Crippen molar-refractivity contribution in [1.29, 1.82) is 0 Å². The van der Waals surface area contributed by atoms with Gasteiger partial charge in [-0.1, -0.05) is 18.8 Å². The maximum atomic E-state index is 13.2. The second-order valence-electron chi connectivity index (χ2n) is 3.02.